The van der Waals surface area contributed by atoms with E-state index in [1.54, 1.807) is 35.2 Å². The van der Waals surface area contributed by atoms with Crippen molar-refractivity contribution in [1.29, 1.82) is 0 Å². The van der Waals surface area contributed by atoms with Crippen LogP contribution in [0.25, 0.3) is 0 Å². The van der Waals surface area contributed by atoms with Crippen molar-refractivity contribution in [3.8, 4) is 28.7 Å². The van der Waals surface area contributed by atoms with Gasteiger partial charge >= 0.3 is 0 Å². The third-order valence-corrected chi connectivity index (χ3v) is 5.10. The molecule has 0 spiro atoms. The lowest BCUT2D eigenvalue weighted by molar-refractivity contribution is -0.122. The van der Waals surface area contributed by atoms with Gasteiger partial charge in [-0.15, -0.1) is 0 Å². The Kier molecular flexibility index (Phi) is 5.26. The number of carbonyl (C=O) groups is 2. The Labute approximate surface area is 173 Å². The summed E-state index contributed by atoms with van der Waals surface area (Å²) in [5, 5.41) is 2.85. The Morgan fingerprint density at radius 2 is 1.73 bits per heavy atom. The van der Waals surface area contributed by atoms with Crippen molar-refractivity contribution in [1.82, 2.24) is 0 Å². The molecule has 0 aromatic heterocycles. The maximum atomic E-state index is 12.8. The van der Waals surface area contributed by atoms with Gasteiger partial charge in [0.15, 0.2) is 23.0 Å². The highest BCUT2D eigenvalue weighted by Crippen LogP contribution is 2.42. The predicted molar refractivity (Wildman–Crippen MR) is 108 cm³/mol. The molecule has 4 rings (SSSR count). The third-order valence-electron chi connectivity index (χ3n) is 5.10. The molecule has 1 unspecified atom stereocenters. The smallest absolute Gasteiger partial charge is 0.231 e. The van der Waals surface area contributed by atoms with Crippen LogP contribution in [0.5, 0.6) is 28.7 Å². The number of hydrogen-bond acceptors (Lipinski definition) is 7. The Bertz CT molecular complexity index is 966. The maximum absolute atomic E-state index is 12.8. The van der Waals surface area contributed by atoms with Gasteiger partial charge in [-0.3, -0.25) is 9.59 Å². The van der Waals surface area contributed by atoms with Crippen molar-refractivity contribution in [3.05, 3.63) is 30.3 Å². The number of carbonyl (C=O) groups excluding carboxylic acids is 2. The van der Waals surface area contributed by atoms with Crippen LogP contribution in [0.15, 0.2) is 30.3 Å². The quantitative estimate of drug-likeness (QED) is 0.776. The first-order valence-corrected chi connectivity index (χ1v) is 9.35. The van der Waals surface area contributed by atoms with Gasteiger partial charge < -0.3 is 33.9 Å². The van der Waals surface area contributed by atoms with Crippen molar-refractivity contribution in [2.75, 3.05) is 44.9 Å². The number of rotatable bonds is 6. The highest BCUT2D eigenvalue weighted by molar-refractivity contribution is 6.03. The summed E-state index contributed by atoms with van der Waals surface area (Å²) in [6, 6.07) is 8.56. The maximum Gasteiger partial charge on any atom is 0.231 e. The first kappa shape index (κ1) is 19.7. The molecule has 9 nitrogen and oxygen atoms in total. The number of ether oxygens (including phenoxy) is 5. The van der Waals surface area contributed by atoms with E-state index in [1.165, 1.54) is 21.3 Å². The Balaban J connectivity index is 1.51. The average molecular weight is 414 g/mol. The van der Waals surface area contributed by atoms with E-state index in [0.29, 0.717) is 40.1 Å². The minimum atomic E-state index is -0.498. The SMILES string of the molecule is COc1cc(N2CC(C(=O)Nc3ccc4c(c3)OCO4)CC2=O)cc(OC)c1OC. The van der Waals surface area contributed by atoms with Crippen molar-refractivity contribution in [2.45, 2.75) is 6.42 Å². The molecule has 2 aliphatic heterocycles. The zero-order valence-corrected chi connectivity index (χ0v) is 16.9. The van der Waals surface area contributed by atoms with Gasteiger partial charge in [0, 0.05) is 36.9 Å². The molecule has 1 atom stereocenters. The van der Waals surface area contributed by atoms with Gasteiger partial charge in [0.1, 0.15) is 0 Å². The normalized spacial score (nSPS) is 17.1. The van der Waals surface area contributed by atoms with Gasteiger partial charge in [-0.05, 0) is 12.1 Å². The molecule has 2 amide bonds. The van der Waals surface area contributed by atoms with Crippen molar-refractivity contribution >= 4 is 23.2 Å². The van der Waals surface area contributed by atoms with Crippen LogP contribution < -0.4 is 33.9 Å². The Morgan fingerprint density at radius 3 is 2.40 bits per heavy atom. The van der Waals surface area contributed by atoms with Crippen LogP contribution in [-0.2, 0) is 9.59 Å². The first-order valence-electron chi connectivity index (χ1n) is 9.35. The molecule has 1 fully saturated rings. The summed E-state index contributed by atoms with van der Waals surface area (Å²) in [6.07, 6.45) is 0.104. The molecule has 2 aromatic rings. The zero-order chi connectivity index (χ0) is 21.3. The van der Waals surface area contributed by atoms with E-state index in [9.17, 15) is 9.59 Å². The standard InChI is InChI=1S/C21H22N2O7/c1-26-17-8-14(9-18(27-2)20(17)28-3)23-10-12(6-19(23)24)21(25)22-13-4-5-15-16(7-13)30-11-29-15/h4-5,7-9,12H,6,10-11H2,1-3H3,(H,22,25). The molecule has 2 aromatic carbocycles. The van der Waals surface area contributed by atoms with E-state index < -0.39 is 5.92 Å². The number of methoxy groups -OCH3 is 3. The number of anilines is 2. The van der Waals surface area contributed by atoms with Crippen molar-refractivity contribution in [3.63, 3.8) is 0 Å². The number of nitrogens with zero attached hydrogens (tertiary/aromatic N) is 1. The summed E-state index contributed by atoms with van der Waals surface area (Å²) in [5.74, 6) is 1.63. The second-order valence-electron chi connectivity index (χ2n) is 6.85. The highest BCUT2D eigenvalue weighted by atomic mass is 16.7. The van der Waals surface area contributed by atoms with Crippen LogP contribution in [0, 0.1) is 5.92 Å². The van der Waals surface area contributed by atoms with E-state index in [4.69, 9.17) is 23.7 Å². The van der Waals surface area contributed by atoms with Gasteiger partial charge in [-0.25, -0.2) is 0 Å². The van der Waals surface area contributed by atoms with Gasteiger partial charge in [0.25, 0.3) is 0 Å². The summed E-state index contributed by atoms with van der Waals surface area (Å²) in [7, 11) is 4.53. The average Bonchev–Trinajstić information content (AvgIpc) is 3.38. The van der Waals surface area contributed by atoms with Crippen molar-refractivity contribution in [2.24, 2.45) is 5.92 Å². The molecule has 1 N–H and O–H groups in total. The van der Waals surface area contributed by atoms with Crippen LogP contribution in [0.3, 0.4) is 0 Å². The van der Waals surface area contributed by atoms with E-state index >= 15 is 0 Å². The number of fused-ring (bicyclic) bond motifs is 1. The molecule has 1 saturated heterocycles. The van der Waals surface area contributed by atoms with Crippen LogP contribution in [0.4, 0.5) is 11.4 Å². The van der Waals surface area contributed by atoms with Gasteiger partial charge in [-0.2, -0.15) is 0 Å². The number of hydrogen-bond donors (Lipinski definition) is 1. The fraction of sp³-hybridized carbons (Fsp3) is 0.333. The van der Waals surface area contributed by atoms with E-state index in [-0.39, 0.29) is 31.6 Å². The molecule has 9 heteroatoms. The fourth-order valence-corrected chi connectivity index (χ4v) is 3.57. The summed E-state index contributed by atoms with van der Waals surface area (Å²) < 4.78 is 26.6. The number of nitrogens with one attached hydrogen (secondary N) is 1. The summed E-state index contributed by atoms with van der Waals surface area (Å²) in [4.78, 5) is 26.9. The Morgan fingerprint density at radius 1 is 1.03 bits per heavy atom. The minimum absolute atomic E-state index is 0.104. The highest BCUT2D eigenvalue weighted by Gasteiger charge is 2.36. The second-order valence-corrected chi connectivity index (χ2v) is 6.85. The largest absolute Gasteiger partial charge is 0.493 e. The summed E-state index contributed by atoms with van der Waals surface area (Å²) >= 11 is 0. The lowest BCUT2D eigenvalue weighted by Crippen LogP contribution is -2.28. The summed E-state index contributed by atoms with van der Waals surface area (Å²) in [5.41, 5.74) is 1.16. The Hall–Kier alpha value is -3.62. The fourth-order valence-electron chi connectivity index (χ4n) is 3.57. The second kappa shape index (κ2) is 8.02. The predicted octanol–water partition coefficient (Wildman–Crippen LogP) is 2.43. The zero-order valence-electron chi connectivity index (χ0n) is 16.9. The third kappa shape index (κ3) is 3.54. The van der Waals surface area contributed by atoms with Crippen LogP contribution in [0.1, 0.15) is 6.42 Å². The van der Waals surface area contributed by atoms with Gasteiger partial charge in [0.2, 0.25) is 24.4 Å². The lowest BCUT2D eigenvalue weighted by Gasteiger charge is -2.20. The molecular weight excluding hydrogens is 392 g/mol. The molecule has 2 aliphatic rings. The van der Waals surface area contributed by atoms with Gasteiger partial charge in [0.05, 0.1) is 32.9 Å². The molecule has 0 radical (unpaired) electrons. The molecule has 0 saturated carbocycles. The molecule has 2 heterocycles. The van der Waals surface area contributed by atoms with Crippen LogP contribution >= 0.6 is 0 Å². The number of benzene rings is 2. The number of amides is 2. The van der Waals surface area contributed by atoms with Crippen LogP contribution in [0.2, 0.25) is 0 Å². The summed E-state index contributed by atoms with van der Waals surface area (Å²) in [6.45, 7) is 0.404. The topological polar surface area (TPSA) is 95.6 Å². The van der Waals surface area contributed by atoms with Crippen LogP contribution in [-0.4, -0.2) is 46.5 Å². The first-order chi connectivity index (χ1) is 14.5. The van der Waals surface area contributed by atoms with Gasteiger partial charge in [-0.1, -0.05) is 0 Å². The van der Waals surface area contributed by atoms with Crippen molar-refractivity contribution < 1.29 is 33.3 Å². The van der Waals surface area contributed by atoms with E-state index in [2.05, 4.69) is 5.32 Å². The van der Waals surface area contributed by atoms with E-state index in [1.807, 2.05) is 0 Å². The molecular formula is C21H22N2O7. The molecule has 0 aliphatic carbocycles. The molecule has 30 heavy (non-hydrogen) atoms. The molecule has 158 valence electrons. The monoisotopic (exact) mass is 414 g/mol. The molecule has 0 bridgehead atoms. The lowest BCUT2D eigenvalue weighted by atomic mass is 10.1. The van der Waals surface area contributed by atoms with E-state index in [0.717, 1.165) is 0 Å². The minimum Gasteiger partial charge on any atom is -0.493 e.